The molecule has 0 aromatic rings. The van der Waals surface area contributed by atoms with Gasteiger partial charge in [0.05, 0.1) is 11.2 Å². The van der Waals surface area contributed by atoms with Gasteiger partial charge < -0.3 is 15.0 Å². The molecule has 2 heterocycles. The van der Waals surface area contributed by atoms with Crippen LogP contribution in [0.15, 0.2) is 0 Å². The van der Waals surface area contributed by atoms with Gasteiger partial charge in [-0.25, -0.2) is 0 Å². The lowest BCUT2D eigenvalue weighted by molar-refractivity contribution is -0.188. The highest BCUT2D eigenvalue weighted by Gasteiger charge is 2.40. The molecule has 0 aromatic carbocycles. The fourth-order valence-corrected chi connectivity index (χ4v) is 2.83. The minimum Gasteiger partial charge on any atom is -0.366 e. The molecule has 4 nitrogen and oxygen atoms in total. The van der Waals surface area contributed by atoms with E-state index in [9.17, 15) is 4.79 Å². The van der Waals surface area contributed by atoms with Gasteiger partial charge in [-0.1, -0.05) is 0 Å². The second kappa shape index (κ2) is 4.25. The van der Waals surface area contributed by atoms with Crippen LogP contribution in [0.1, 0.15) is 34.1 Å². The van der Waals surface area contributed by atoms with Crippen molar-refractivity contribution < 1.29 is 9.53 Å². The highest BCUT2D eigenvalue weighted by molar-refractivity contribution is 5.77. The first-order valence-electron chi connectivity index (χ1n) is 6.46. The van der Waals surface area contributed by atoms with Crippen molar-refractivity contribution in [2.45, 2.75) is 45.3 Å². The van der Waals surface area contributed by atoms with Crippen LogP contribution in [0.5, 0.6) is 0 Å². The first-order chi connectivity index (χ1) is 7.77. The smallest absolute Gasteiger partial charge is 0.223 e. The summed E-state index contributed by atoms with van der Waals surface area (Å²) in [5.74, 6) is 0.817. The summed E-state index contributed by atoms with van der Waals surface area (Å²) in [5, 5.41) is 3.21. The Bertz CT molecular complexity index is 293. The van der Waals surface area contributed by atoms with Gasteiger partial charge in [-0.2, -0.15) is 0 Å². The molecule has 2 aliphatic heterocycles. The normalized spacial score (nSPS) is 27.6. The lowest BCUT2D eigenvalue weighted by Gasteiger charge is -2.47. The Morgan fingerprint density at radius 2 is 1.76 bits per heavy atom. The van der Waals surface area contributed by atoms with Crippen molar-refractivity contribution in [3.8, 4) is 0 Å². The highest BCUT2D eigenvalue weighted by Crippen LogP contribution is 2.28. The molecule has 0 saturated carbocycles. The highest BCUT2D eigenvalue weighted by atomic mass is 16.5. The number of hydrogen-bond donors (Lipinski definition) is 1. The van der Waals surface area contributed by atoms with Gasteiger partial charge in [0.2, 0.25) is 5.91 Å². The number of carbonyl (C=O) groups is 1. The maximum absolute atomic E-state index is 12.2. The first-order valence-corrected chi connectivity index (χ1v) is 6.46. The molecule has 98 valence electrons. The Hall–Kier alpha value is -0.610. The molecule has 0 unspecified atom stereocenters. The van der Waals surface area contributed by atoms with Crippen molar-refractivity contribution in [2.75, 3.05) is 26.2 Å². The predicted molar refractivity (Wildman–Crippen MR) is 66.8 cm³/mol. The van der Waals surface area contributed by atoms with Crippen LogP contribution in [0.4, 0.5) is 0 Å². The number of amides is 1. The lowest BCUT2D eigenvalue weighted by atomic mass is 9.95. The van der Waals surface area contributed by atoms with E-state index >= 15 is 0 Å². The van der Waals surface area contributed by atoms with Gasteiger partial charge in [-0.05, 0) is 46.7 Å². The minimum atomic E-state index is -0.241. The van der Waals surface area contributed by atoms with Crippen molar-refractivity contribution in [3.63, 3.8) is 0 Å². The van der Waals surface area contributed by atoms with Crippen LogP contribution in [0.3, 0.4) is 0 Å². The van der Waals surface area contributed by atoms with E-state index in [4.69, 9.17) is 4.74 Å². The lowest BCUT2D eigenvalue weighted by Crippen LogP contribution is -2.59. The first kappa shape index (κ1) is 12.8. The zero-order chi connectivity index (χ0) is 12.7. The van der Waals surface area contributed by atoms with E-state index < -0.39 is 0 Å². The fourth-order valence-electron chi connectivity index (χ4n) is 2.83. The average Bonchev–Trinajstić information content (AvgIpc) is 2.05. The summed E-state index contributed by atoms with van der Waals surface area (Å²) < 4.78 is 5.98. The molecule has 0 atom stereocenters. The molecule has 2 saturated heterocycles. The largest absolute Gasteiger partial charge is 0.366 e. The maximum atomic E-state index is 12.2. The molecular weight excluding hydrogens is 216 g/mol. The summed E-state index contributed by atoms with van der Waals surface area (Å²) in [6.45, 7) is 11.6. The Morgan fingerprint density at radius 1 is 1.24 bits per heavy atom. The zero-order valence-electron chi connectivity index (χ0n) is 11.4. The van der Waals surface area contributed by atoms with E-state index in [2.05, 4.69) is 33.0 Å². The summed E-state index contributed by atoms with van der Waals surface area (Å²) in [7, 11) is 0. The monoisotopic (exact) mass is 240 g/mol. The van der Waals surface area contributed by atoms with Crippen molar-refractivity contribution >= 4 is 5.91 Å². The third-order valence-electron chi connectivity index (χ3n) is 3.38. The molecule has 2 fully saturated rings. The van der Waals surface area contributed by atoms with Gasteiger partial charge in [0.1, 0.15) is 0 Å². The van der Waals surface area contributed by atoms with E-state index in [0.717, 1.165) is 13.1 Å². The Balaban J connectivity index is 1.96. The van der Waals surface area contributed by atoms with Crippen molar-refractivity contribution in [1.29, 1.82) is 0 Å². The van der Waals surface area contributed by atoms with E-state index in [1.807, 2.05) is 4.90 Å². The summed E-state index contributed by atoms with van der Waals surface area (Å²) in [4.78, 5) is 14.2. The number of carbonyl (C=O) groups excluding carboxylic acids is 1. The van der Waals surface area contributed by atoms with E-state index in [-0.39, 0.29) is 17.1 Å². The molecule has 2 aliphatic rings. The van der Waals surface area contributed by atoms with E-state index in [1.165, 1.54) is 0 Å². The molecule has 0 spiro atoms. The fraction of sp³-hybridized carbons (Fsp3) is 0.923. The molecule has 17 heavy (non-hydrogen) atoms. The molecular formula is C13H24N2O2. The van der Waals surface area contributed by atoms with Crippen LogP contribution in [0, 0.1) is 5.92 Å². The molecule has 2 rings (SSSR count). The number of nitrogens with one attached hydrogen (secondary N) is 1. The summed E-state index contributed by atoms with van der Waals surface area (Å²) in [6, 6.07) is 0. The van der Waals surface area contributed by atoms with Gasteiger partial charge in [0.15, 0.2) is 0 Å². The average molecular weight is 240 g/mol. The summed E-state index contributed by atoms with van der Waals surface area (Å²) in [5.41, 5.74) is -0.482. The number of ether oxygens (including phenoxy) is 1. The molecule has 1 N–H and O–H groups in total. The molecule has 4 heteroatoms. The van der Waals surface area contributed by atoms with Gasteiger partial charge in [0, 0.05) is 19.5 Å². The molecule has 0 aliphatic carbocycles. The number of hydrogen-bond acceptors (Lipinski definition) is 3. The van der Waals surface area contributed by atoms with Crippen molar-refractivity contribution in [2.24, 2.45) is 5.92 Å². The van der Waals surface area contributed by atoms with Crippen molar-refractivity contribution in [1.82, 2.24) is 10.2 Å². The zero-order valence-corrected chi connectivity index (χ0v) is 11.4. The van der Waals surface area contributed by atoms with Crippen LogP contribution < -0.4 is 5.32 Å². The number of nitrogens with zero attached hydrogens (tertiary/aromatic N) is 1. The van der Waals surface area contributed by atoms with E-state index in [1.54, 1.807) is 0 Å². The molecule has 0 bridgehead atoms. The quantitative estimate of drug-likeness (QED) is 0.783. The third kappa shape index (κ3) is 3.19. The van der Waals surface area contributed by atoms with Gasteiger partial charge in [-0.15, -0.1) is 0 Å². The standard InChI is InChI=1S/C13H24N2O2/c1-12(2)8-15(9-13(3,4)17-12)11(16)5-10-6-14-7-10/h10,14H,5-9H2,1-4H3. The summed E-state index contributed by atoms with van der Waals surface area (Å²) >= 11 is 0. The van der Waals surface area contributed by atoms with Crippen molar-refractivity contribution in [3.05, 3.63) is 0 Å². The van der Waals surface area contributed by atoms with Crippen LogP contribution in [-0.4, -0.2) is 48.2 Å². The second-order valence-electron chi connectivity index (χ2n) is 6.60. The second-order valence-corrected chi connectivity index (χ2v) is 6.60. The Labute approximate surface area is 104 Å². The SMILES string of the molecule is CC1(C)CN(C(=O)CC2CNC2)CC(C)(C)O1. The van der Waals surface area contributed by atoms with Crippen LogP contribution in [0.2, 0.25) is 0 Å². The Morgan fingerprint density at radius 3 is 2.18 bits per heavy atom. The topological polar surface area (TPSA) is 41.6 Å². The summed E-state index contributed by atoms with van der Waals surface area (Å²) in [6.07, 6.45) is 0.680. The maximum Gasteiger partial charge on any atom is 0.223 e. The minimum absolute atomic E-state index is 0.241. The van der Waals surface area contributed by atoms with Crippen LogP contribution >= 0.6 is 0 Å². The van der Waals surface area contributed by atoms with Gasteiger partial charge in [-0.3, -0.25) is 4.79 Å². The van der Waals surface area contributed by atoms with Gasteiger partial charge in [0.25, 0.3) is 0 Å². The Kier molecular flexibility index (Phi) is 3.21. The van der Waals surface area contributed by atoms with E-state index in [0.29, 0.717) is 25.4 Å². The third-order valence-corrected chi connectivity index (χ3v) is 3.38. The molecule has 0 radical (unpaired) electrons. The van der Waals surface area contributed by atoms with Crippen LogP contribution in [0.25, 0.3) is 0 Å². The molecule has 1 amide bonds. The number of morpholine rings is 1. The van der Waals surface area contributed by atoms with Gasteiger partial charge >= 0.3 is 0 Å². The molecule has 0 aromatic heterocycles. The number of rotatable bonds is 2. The predicted octanol–water partition coefficient (Wildman–Crippen LogP) is 1.01. The van der Waals surface area contributed by atoms with Crippen LogP contribution in [-0.2, 0) is 9.53 Å².